The Kier molecular flexibility index (Phi) is 5.89. The second kappa shape index (κ2) is 7.45. The topological polar surface area (TPSA) is 20.2 Å². The van der Waals surface area contributed by atoms with Gasteiger partial charge in [-0.05, 0) is 75.5 Å². The van der Waals surface area contributed by atoms with Crippen LogP contribution in [0.3, 0.4) is 0 Å². The predicted molar refractivity (Wildman–Crippen MR) is 86.5 cm³/mol. The molecule has 2 aliphatic rings. The van der Waals surface area contributed by atoms with Crippen molar-refractivity contribution in [3.05, 3.63) is 23.8 Å². The molecule has 1 saturated carbocycles. The van der Waals surface area contributed by atoms with Gasteiger partial charge in [-0.25, -0.2) is 0 Å². The summed E-state index contributed by atoms with van der Waals surface area (Å²) >= 11 is 0. The van der Waals surface area contributed by atoms with Crippen LogP contribution in [-0.2, 0) is 0 Å². The zero-order valence-corrected chi connectivity index (χ0v) is 13.5. The van der Waals surface area contributed by atoms with Crippen LogP contribution < -0.4 is 0 Å². The SMILES string of the molecule is CC=C1CC[C@H](C(C)C)[C@H]2CCCC=CC[C@@H](O)C[C@@H]12. The van der Waals surface area contributed by atoms with Crippen LogP contribution >= 0.6 is 0 Å². The lowest BCUT2D eigenvalue weighted by molar-refractivity contribution is 0.0832. The average Bonchev–Trinajstić information content (AvgIpc) is 2.43. The van der Waals surface area contributed by atoms with E-state index in [0.717, 1.165) is 30.6 Å². The fraction of sp³-hybridized carbons (Fsp3) is 0.789. The van der Waals surface area contributed by atoms with E-state index >= 15 is 0 Å². The quantitative estimate of drug-likeness (QED) is 0.660. The van der Waals surface area contributed by atoms with Gasteiger partial charge in [-0.1, -0.05) is 37.6 Å². The third-order valence-electron chi connectivity index (χ3n) is 5.55. The highest BCUT2D eigenvalue weighted by Crippen LogP contribution is 2.46. The van der Waals surface area contributed by atoms with Crippen LogP contribution in [0, 0.1) is 23.7 Å². The first-order valence-electron chi connectivity index (χ1n) is 8.61. The molecule has 0 unspecified atom stereocenters. The number of rotatable bonds is 1. The first-order chi connectivity index (χ1) is 9.63. The average molecular weight is 276 g/mol. The Hall–Kier alpha value is -0.560. The number of allylic oxidation sites excluding steroid dienone is 3. The summed E-state index contributed by atoms with van der Waals surface area (Å²) in [4.78, 5) is 0. The predicted octanol–water partition coefficient (Wildman–Crippen LogP) is 5.11. The van der Waals surface area contributed by atoms with Gasteiger partial charge >= 0.3 is 0 Å². The molecule has 0 aromatic rings. The molecule has 1 N–H and O–H groups in total. The standard InChI is InChI=1S/C19H32O/c1-4-15-11-12-17(14(2)3)18-10-8-6-5-7-9-16(20)13-19(15)18/h4-5,7,14,16-20H,6,8-13H2,1-3H3/t16-,17-,18-,19+/m1/s1. The van der Waals surface area contributed by atoms with Crippen molar-refractivity contribution in [2.75, 3.05) is 0 Å². The van der Waals surface area contributed by atoms with E-state index in [9.17, 15) is 5.11 Å². The smallest absolute Gasteiger partial charge is 0.0580 e. The first-order valence-corrected chi connectivity index (χ1v) is 8.61. The highest BCUT2D eigenvalue weighted by Gasteiger charge is 2.37. The van der Waals surface area contributed by atoms with E-state index in [0.29, 0.717) is 5.92 Å². The van der Waals surface area contributed by atoms with Crippen molar-refractivity contribution in [3.8, 4) is 0 Å². The van der Waals surface area contributed by atoms with Crippen LogP contribution in [-0.4, -0.2) is 11.2 Å². The third-order valence-corrected chi connectivity index (χ3v) is 5.55. The molecule has 0 amide bonds. The molecule has 114 valence electrons. The fourth-order valence-corrected chi connectivity index (χ4v) is 4.47. The summed E-state index contributed by atoms with van der Waals surface area (Å²) in [6.07, 6.45) is 14.9. The summed E-state index contributed by atoms with van der Waals surface area (Å²) in [7, 11) is 0. The van der Waals surface area contributed by atoms with Gasteiger partial charge < -0.3 is 5.11 Å². The second-order valence-corrected chi connectivity index (χ2v) is 7.11. The minimum Gasteiger partial charge on any atom is -0.393 e. The fourth-order valence-electron chi connectivity index (χ4n) is 4.47. The van der Waals surface area contributed by atoms with Gasteiger partial charge in [-0.15, -0.1) is 0 Å². The van der Waals surface area contributed by atoms with E-state index in [-0.39, 0.29) is 6.10 Å². The molecule has 0 saturated heterocycles. The first kappa shape index (κ1) is 15.8. The maximum atomic E-state index is 10.3. The molecule has 20 heavy (non-hydrogen) atoms. The van der Waals surface area contributed by atoms with Gasteiger partial charge in [0, 0.05) is 0 Å². The number of hydrogen-bond acceptors (Lipinski definition) is 1. The van der Waals surface area contributed by atoms with Gasteiger partial charge in [0.2, 0.25) is 0 Å². The van der Waals surface area contributed by atoms with Gasteiger partial charge in [-0.3, -0.25) is 0 Å². The number of hydrogen-bond donors (Lipinski definition) is 1. The van der Waals surface area contributed by atoms with Crippen molar-refractivity contribution in [1.82, 2.24) is 0 Å². The van der Waals surface area contributed by atoms with Gasteiger partial charge in [0.25, 0.3) is 0 Å². The highest BCUT2D eigenvalue weighted by molar-refractivity contribution is 5.13. The lowest BCUT2D eigenvalue weighted by Crippen LogP contribution is -2.35. The molecule has 0 radical (unpaired) electrons. The molecule has 2 aliphatic carbocycles. The van der Waals surface area contributed by atoms with Gasteiger partial charge in [0.1, 0.15) is 0 Å². The molecular weight excluding hydrogens is 244 g/mol. The minimum absolute atomic E-state index is 0.155. The summed E-state index contributed by atoms with van der Waals surface area (Å²) in [5.41, 5.74) is 1.62. The van der Waals surface area contributed by atoms with Crippen LogP contribution in [0.2, 0.25) is 0 Å². The van der Waals surface area contributed by atoms with Crippen molar-refractivity contribution in [2.45, 2.75) is 71.8 Å². The molecule has 0 aromatic heterocycles. The minimum atomic E-state index is -0.155. The Labute approximate surface area is 125 Å². The molecule has 2 rings (SSSR count). The molecule has 4 atom stereocenters. The Morgan fingerprint density at radius 2 is 2.05 bits per heavy atom. The maximum absolute atomic E-state index is 10.3. The van der Waals surface area contributed by atoms with Crippen LogP contribution in [0.4, 0.5) is 0 Å². The number of fused-ring (bicyclic) bond motifs is 1. The summed E-state index contributed by atoms with van der Waals surface area (Å²) < 4.78 is 0. The molecule has 0 spiro atoms. The van der Waals surface area contributed by atoms with E-state index in [4.69, 9.17) is 0 Å². The summed E-state index contributed by atoms with van der Waals surface area (Å²) in [5.74, 6) is 3.04. The van der Waals surface area contributed by atoms with Crippen molar-refractivity contribution >= 4 is 0 Å². The highest BCUT2D eigenvalue weighted by atomic mass is 16.3. The van der Waals surface area contributed by atoms with Crippen LogP contribution in [0.15, 0.2) is 23.8 Å². The maximum Gasteiger partial charge on any atom is 0.0580 e. The molecule has 1 nitrogen and oxygen atoms in total. The van der Waals surface area contributed by atoms with Crippen LogP contribution in [0.1, 0.15) is 65.7 Å². The third kappa shape index (κ3) is 3.75. The van der Waals surface area contributed by atoms with E-state index < -0.39 is 0 Å². The molecule has 0 aliphatic heterocycles. The Bertz CT molecular complexity index is 353. The van der Waals surface area contributed by atoms with Crippen LogP contribution in [0.5, 0.6) is 0 Å². The Morgan fingerprint density at radius 1 is 1.25 bits per heavy atom. The summed E-state index contributed by atoms with van der Waals surface area (Å²) in [6.45, 7) is 6.96. The van der Waals surface area contributed by atoms with Crippen molar-refractivity contribution in [2.24, 2.45) is 23.7 Å². The van der Waals surface area contributed by atoms with E-state index in [1.54, 1.807) is 5.57 Å². The van der Waals surface area contributed by atoms with Crippen molar-refractivity contribution in [3.63, 3.8) is 0 Å². The van der Waals surface area contributed by atoms with E-state index in [1.807, 2.05) is 0 Å². The zero-order valence-electron chi connectivity index (χ0n) is 13.5. The van der Waals surface area contributed by atoms with Gasteiger partial charge in [0.15, 0.2) is 0 Å². The normalized spacial score (nSPS) is 38.0. The molecular formula is C19H32O. The molecule has 1 fully saturated rings. The summed E-state index contributed by atoms with van der Waals surface area (Å²) in [5, 5.41) is 10.3. The number of aliphatic hydroxyl groups is 1. The van der Waals surface area contributed by atoms with Crippen molar-refractivity contribution < 1.29 is 5.11 Å². The number of aliphatic hydroxyl groups excluding tert-OH is 1. The van der Waals surface area contributed by atoms with E-state index in [1.165, 1.54) is 32.1 Å². The molecule has 1 heteroatoms. The molecule has 0 heterocycles. The second-order valence-electron chi connectivity index (χ2n) is 7.11. The molecule has 0 bridgehead atoms. The monoisotopic (exact) mass is 276 g/mol. The lowest BCUT2D eigenvalue weighted by Gasteiger charge is -2.43. The largest absolute Gasteiger partial charge is 0.393 e. The van der Waals surface area contributed by atoms with Gasteiger partial charge in [0.05, 0.1) is 6.10 Å². The van der Waals surface area contributed by atoms with E-state index in [2.05, 4.69) is 39.0 Å². The molecule has 0 aromatic carbocycles. The Morgan fingerprint density at radius 3 is 2.75 bits per heavy atom. The van der Waals surface area contributed by atoms with Gasteiger partial charge in [-0.2, -0.15) is 0 Å². The zero-order chi connectivity index (χ0) is 14.5. The Balaban J connectivity index is 2.23. The van der Waals surface area contributed by atoms with Crippen molar-refractivity contribution in [1.29, 1.82) is 0 Å². The summed E-state index contributed by atoms with van der Waals surface area (Å²) in [6, 6.07) is 0. The van der Waals surface area contributed by atoms with Crippen LogP contribution in [0.25, 0.3) is 0 Å². The lowest BCUT2D eigenvalue weighted by atomic mass is 9.62.